The van der Waals surface area contributed by atoms with Gasteiger partial charge in [0.15, 0.2) is 0 Å². The summed E-state index contributed by atoms with van der Waals surface area (Å²) in [5.74, 6) is -0.225. The van der Waals surface area contributed by atoms with Crippen LogP contribution in [0.25, 0.3) is 6.08 Å². The van der Waals surface area contributed by atoms with Crippen LogP contribution in [0.5, 0.6) is 0 Å². The Bertz CT molecular complexity index is 379. The number of rotatable bonds is 1. The Morgan fingerprint density at radius 1 is 1.43 bits per heavy atom. The molecule has 2 N–H and O–H groups in total. The van der Waals surface area contributed by atoms with Crippen molar-refractivity contribution in [1.29, 1.82) is 0 Å². The highest BCUT2D eigenvalue weighted by Crippen LogP contribution is 2.27. The highest BCUT2D eigenvalue weighted by molar-refractivity contribution is 9.10. The molecule has 3 heteroatoms. The third-order valence-corrected chi connectivity index (χ3v) is 2.97. The first-order valence-corrected chi connectivity index (χ1v) is 5.34. The van der Waals surface area contributed by atoms with Crippen molar-refractivity contribution >= 4 is 22.0 Å². The average Bonchev–Trinajstić information content (AvgIpc) is 2.09. The molecular formula is C11H11BrFN. The summed E-state index contributed by atoms with van der Waals surface area (Å²) in [6.45, 7) is 0. The lowest BCUT2D eigenvalue weighted by molar-refractivity contribution is 0.547. The van der Waals surface area contributed by atoms with E-state index in [-0.39, 0.29) is 5.82 Å². The molecule has 1 aromatic rings. The molecule has 0 atom stereocenters. The highest BCUT2D eigenvalue weighted by Gasteiger charge is 2.18. The van der Waals surface area contributed by atoms with Crippen molar-refractivity contribution in [1.82, 2.24) is 0 Å². The normalized spacial score (nSPS) is 20.5. The third-order valence-electron chi connectivity index (χ3n) is 2.36. The van der Waals surface area contributed by atoms with Gasteiger partial charge < -0.3 is 5.73 Å². The molecule has 0 saturated heterocycles. The monoisotopic (exact) mass is 255 g/mol. The molecule has 0 radical (unpaired) electrons. The first kappa shape index (κ1) is 9.87. The number of hydrogen-bond acceptors (Lipinski definition) is 1. The Morgan fingerprint density at radius 3 is 2.71 bits per heavy atom. The number of hydrogen-bond donors (Lipinski definition) is 1. The molecule has 0 amide bonds. The maximum Gasteiger partial charge on any atom is 0.137 e. The summed E-state index contributed by atoms with van der Waals surface area (Å²) in [6, 6.07) is 5.35. The van der Waals surface area contributed by atoms with Gasteiger partial charge in [0.25, 0.3) is 0 Å². The molecule has 14 heavy (non-hydrogen) atoms. The van der Waals surface area contributed by atoms with Gasteiger partial charge >= 0.3 is 0 Å². The van der Waals surface area contributed by atoms with Crippen molar-refractivity contribution in [3.05, 3.63) is 39.6 Å². The summed E-state index contributed by atoms with van der Waals surface area (Å²) in [4.78, 5) is 0. The predicted octanol–water partition coefficient (Wildman–Crippen LogP) is 3.09. The van der Waals surface area contributed by atoms with E-state index in [2.05, 4.69) is 22.0 Å². The molecule has 1 saturated carbocycles. The van der Waals surface area contributed by atoms with Crippen molar-refractivity contribution < 1.29 is 4.39 Å². The molecule has 74 valence electrons. The second-order valence-corrected chi connectivity index (χ2v) is 4.50. The lowest BCUT2D eigenvalue weighted by atomic mass is 9.86. The maximum atomic E-state index is 12.9. The minimum absolute atomic E-state index is 0.225. The molecule has 1 aliphatic rings. The van der Waals surface area contributed by atoms with Gasteiger partial charge in [0, 0.05) is 6.04 Å². The van der Waals surface area contributed by atoms with Gasteiger partial charge in [-0.25, -0.2) is 4.39 Å². The van der Waals surface area contributed by atoms with Gasteiger partial charge in [0.1, 0.15) is 5.82 Å². The van der Waals surface area contributed by atoms with Crippen LogP contribution in [0.4, 0.5) is 4.39 Å². The first-order chi connectivity index (χ1) is 6.65. The van der Waals surface area contributed by atoms with E-state index in [9.17, 15) is 4.39 Å². The zero-order valence-corrected chi connectivity index (χ0v) is 9.22. The predicted molar refractivity (Wildman–Crippen MR) is 59.3 cm³/mol. The van der Waals surface area contributed by atoms with Gasteiger partial charge in [-0.3, -0.25) is 0 Å². The van der Waals surface area contributed by atoms with Crippen molar-refractivity contribution in [3.63, 3.8) is 0 Å². The lowest BCUT2D eigenvalue weighted by Crippen LogP contribution is -2.29. The molecule has 0 heterocycles. The van der Waals surface area contributed by atoms with E-state index in [1.54, 1.807) is 12.1 Å². The van der Waals surface area contributed by atoms with Crippen LogP contribution in [0.2, 0.25) is 0 Å². The van der Waals surface area contributed by atoms with Crippen LogP contribution in [-0.4, -0.2) is 6.04 Å². The summed E-state index contributed by atoms with van der Waals surface area (Å²) in [6.07, 6.45) is 4.01. The van der Waals surface area contributed by atoms with Crippen LogP contribution in [0.1, 0.15) is 18.4 Å². The molecular weight excluding hydrogens is 245 g/mol. The molecule has 0 unspecified atom stereocenters. The Morgan fingerprint density at radius 2 is 2.14 bits per heavy atom. The molecule has 1 aliphatic carbocycles. The largest absolute Gasteiger partial charge is 0.327 e. The van der Waals surface area contributed by atoms with Gasteiger partial charge in [-0.2, -0.15) is 0 Å². The Hall–Kier alpha value is -0.670. The van der Waals surface area contributed by atoms with Crippen molar-refractivity contribution in [2.45, 2.75) is 18.9 Å². The third kappa shape index (κ3) is 2.04. The SMILES string of the molecule is NC1CC(=Cc2ccc(F)c(Br)c2)C1. The van der Waals surface area contributed by atoms with Gasteiger partial charge in [-0.1, -0.05) is 17.7 Å². The van der Waals surface area contributed by atoms with E-state index in [1.807, 2.05) is 0 Å². The second-order valence-electron chi connectivity index (χ2n) is 3.64. The molecule has 0 bridgehead atoms. The summed E-state index contributed by atoms with van der Waals surface area (Å²) < 4.78 is 13.4. The number of benzene rings is 1. The molecule has 2 rings (SSSR count). The zero-order chi connectivity index (χ0) is 10.1. The van der Waals surface area contributed by atoms with Crippen LogP contribution in [0.3, 0.4) is 0 Å². The highest BCUT2D eigenvalue weighted by atomic mass is 79.9. The number of halogens is 2. The maximum absolute atomic E-state index is 12.9. The van der Waals surface area contributed by atoms with Gasteiger partial charge in [-0.15, -0.1) is 0 Å². The van der Waals surface area contributed by atoms with Crippen LogP contribution < -0.4 is 5.73 Å². The topological polar surface area (TPSA) is 26.0 Å². The molecule has 0 spiro atoms. The summed E-state index contributed by atoms with van der Waals surface area (Å²) in [7, 11) is 0. The standard InChI is InChI=1S/C11H11BrFN/c12-10-6-7(1-2-11(10)13)3-8-4-9(14)5-8/h1-3,6,9H,4-5,14H2. The van der Waals surface area contributed by atoms with E-state index >= 15 is 0 Å². The van der Waals surface area contributed by atoms with Crippen LogP contribution in [0, 0.1) is 5.82 Å². The van der Waals surface area contributed by atoms with E-state index in [1.165, 1.54) is 11.6 Å². The smallest absolute Gasteiger partial charge is 0.137 e. The fourth-order valence-electron chi connectivity index (χ4n) is 1.57. The zero-order valence-electron chi connectivity index (χ0n) is 7.63. The summed E-state index contributed by atoms with van der Waals surface area (Å²) >= 11 is 3.16. The van der Waals surface area contributed by atoms with Crippen molar-refractivity contribution in [2.24, 2.45) is 5.73 Å². The second kappa shape index (κ2) is 3.83. The van der Waals surface area contributed by atoms with E-state index in [4.69, 9.17) is 5.73 Å². The summed E-state index contributed by atoms with van der Waals surface area (Å²) in [5.41, 5.74) is 8.04. The Balaban J connectivity index is 2.18. The average molecular weight is 256 g/mol. The Labute approximate surface area is 90.9 Å². The molecule has 0 aromatic heterocycles. The van der Waals surface area contributed by atoms with E-state index in [0.29, 0.717) is 10.5 Å². The van der Waals surface area contributed by atoms with Crippen LogP contribution in [0.15, 0.2) is 28.2 Å². The Kier molecular flexibility index (Phi) is 2.70. The minimum Gasteiger partial charge on any atom is -0.327 e. The summed E-state index contributed by atoms with van der Waals surface area (Å²) in [5, 5.41) is 0. The molecule has 1 fully saturated rings. The fourth-order valence-corrected chi connectivity index (χ4v) is 1.97. The minimum atomic E-state index is -0.225. The van der Waals surface area contributed by atoms with E-state index in [0.717, 1.165) is 18.4 Å². The van der Waals surface area contributed by atoms with Gasteiger partial charge in [0.2, 0.25) is 0 Å². The van der Waals surface area contributed by atoms with Crippen LogP contribution in [-0.2, 0) is 0 Å². The molecule has 0 aliphatic heterocycles. The molecule has 1 nitrogen and oxygen atoms in total. The first-order valence-electron chi connectivity index (χ1n) is 4.55. The lowest BCUT2D eigenvalue weighted by Gasteiger charge is -2.25. The quantitative estimate of drug-likeness (QED) is 0.820. The van der Waals surface area contributed by atoms with Gasteiger partial charge in [0.05, 0.1) is 4.47 Å². The fraction of sp³-hybridized carbons (Fsp3) is 0.273. The molecule has 1 aromatic carbocycles. The van der Waals surface area contributed by atoms with Crippen molar-refractivity contribution in [3.8, 4) is 0 Å². The van der Waals surface area contributed by atoms with Gasteiger partial charge in [-0.05, 0) is 46.5 Å². The van der Waals surface area contributed by atoms with E-state index < -0.39 is 0 Å². The van der Waals surface area contributed by atoms with Crippen LogP contribution >= 0.6 is 15.9 Å². The van der Waals surface area contributed by atoms with Crippen molar-refractivity contribution in [2.75, 3.05) is 0 Å². The number of nitrogens with two attached hydrogens (primary N) is 1.